The molecule has 2 N–H and O–H groups in total. The van der Waals surface area contributed by atoms with Crippen LogP contribution in [0, 0.1) is 11.3 Å². The van der Waals surface area contributed by atoms with Gasteiger partial charge in [-0.15, -0.1) is 0 Å². The second-order valence-corrected chi connectivity index (χ2v) is 5.53. The number of nitrogens with one attached hydrogen (secondary N) is 2. The molecule has 0 spiro atoms. The zero-order valence-corrected chi connectivity index (χ0v) is 13.7. The monoisotopic (exact) mass is 352 g/mol. The van der Waals surface area contributed by atoms with Crippen molar-refractivity contribution in [3.63, 3.8) is 0 Å². The maximum Gasteiger partial charge on any atom is 0.243 e. The van der Waals surface area contributed by atoms with E-state index >= 15 is 0 Å². The van der Waals surface area contributed by atoms with E-state index in [1.54, 1.807) is 42.5 Å². The third kappa shape index (κ3) is 4.13. The summed E-state index contributed by atoms with van der Waals surface area (Å²) in [5.74, 6) is -0.258. The number of hydrogen-bond acceptors (Lipinski definition) is 5. The Labute approximate surface area is 148 Å². The summed E-state index contributed by atoms with van der Waals surface area (Å²) >= 11 is 6.03. The molecule has 0 unspecified atom stereocenters. The molecule has 1 heterocycles. The van der Waals surface area contributed by atoms with Crippen molar-refractivity contribution in [3.8, 4) is 11.8 Å². The highest BCUT2D eigenvalue weighted by atomic mass is 35.5. The number of amides is 1. The minimum absolute atomic E-state index is 0.0399. The first-order valence-corrected chi connectivity index (χ1v) is 7.72. The SMILES string of the molecule is N#Cc1cccc(NCC(=O)Nc2cc(Cl)ccc2-n2cncn2)c1. The van der Waals surface area contributed by atoms with Gasteiger partial charge in [0.05, 0.1) is 29.6 Å². The van der Waals surface area contributed by atoms with E-state index in [-0.39, 0.29) is 12.5 Å². The minimum Gasteiger partial charge on any atom is -0.376 e. The third-order valence-corrected chi connectivity index (χ3v) is 3.58. The first-order chi connectivity index (χ1) is 12.2. The maximum atomic E-state index is 12.2. The van der Waals surface area contributed by atoms with Gasteiger partial charge in [-0.1, -0.05) is 17.7 Å². The second kappa shape index (κ2) is 7.47. The Hall–Kier alpha value is -3.37. The predicted octanol–water partition coefficient (Wildman–Crippen LogP) is 2.84. The summed E-state index contributed by atoms with van der Waals surface area (Å²) in [6, 6.07) is 14.1. The van der Waals surface area contributed by atoms with Crippen molar-refractivity contribution in [1.29, 1.82) is 5.26 Å². The molecule has 0 saturated heterocycles. The number of aromatic nitrogens is 3. The van der Waals surface area contributed by atoms with Crippen molar-refractivity contribution in [2.24, 2.45) is 0 Å². The van der Waals surface area contributed by atoms with Crippen LogP contribution in [0.3, 0.4) is 0 Å². The van der Waals surface area contributed by atoms with Crippen LogP contribution in [0.15, 0.2) is 55.1 Å². The quantitative estimate of drug-likeness (QED) is 0.736. The van der Waals surface area contributed by atoms with Crippen LogP contribution in [0.4, 0.5) is 11.4 Å². The smallest absolute Gasteiger partial charge is 0.243 e. The number of hydrogen-bond donors (Lipinski definition) is 2. The average molecular weight is 353 g/mol. The summed E-state index contributed by atoms with van der Waals surface area (Å²) in [5, 5.41) is 19.2. The molecular formula is C17H13ClN6O. The van der Waals surface area contributed by atoms with Crippen LogP contribution < -0.4 is 10.6 Å². The largest absolute Gasteiger partial charge is 0.376 e. The molecule has 3 aromatic rings. The van der Waals surface area contributed by atoms with E-state index in [0.717, 1.165) is 0 Å². The van der Waals surface area contributed by atoms with Crippen molar-refractivity contribution < 1.29 is 4.79 Å². The van der Waals surface area contributed by atoms with E-state index < -0.39 is 0 Å². The van der Waals surface area contributed by atoms with Crippen LogP contribution in [0.2, 0.25) is 5.02 Å². The molecule has 2 aromatic carbocycles. The Bertz CT molecular complexity index is 933. The fourth-order valence-corrected chi connectivity index (χ4v) is 2.39. The number of nitrogens with zero attached hydrogens (tertiary/aromatic N) is 4. The Kier molecular flexibility index (Phi) is 4.92. The molecule has 0 atom stereocenters. The van der Waals surface area contributed by atoms with Crippen molar-refractivity contribution in [1.82, 2.24) is 14.8 Å². The van der Waals surface area contributed by atoms with Crippen LogP contribution in [0.1, 0.15) is 5.56 Å². The molecule has 0 fully saturated rings. The van der Waals surface area contributed by atoms with E-state index in [0.29, 0.717) is 27.6 Å². The molecule has 0 bridgehead atoms. The van der Waals surface area contributed by atoms with Crippen molar-refractivity contribution >= 4 is 28.9 Å². The molecule has 1 aromatic heterocycles. The first kappa shape index (κ1) is 16.5. The van der Waals surface area contributed by atoms with E-state index in [9.17, 15) is 4.79 Å². The molecule has 0 aliphatic carbocycles. The highest BCUT2D eigenvalue weighted by Gasteiger charge is 2.10. The van der Waals surface area contributed by atoms with Gasteiger partial charge in [-0.25, -0.2) is 9.67 Å². The van der Waals surface area contributed by atoms with Crippen LogP contribution in [-0.2, 0) is 4.79 Å². The summed E-state index contributed by atoms with van der Waals surface area (Å²) < 4.78 is 1.54. The molecule has 0 radical (unpaired) electrons. The maximum absolute atomic E-state index is 12.2. The minimum atomic E-state index is -0.258. The van der Waals surface area contributed by atoms with Crippen molar-refractivity contribution in [2.75, 3.05) is 17.2 Å². The number of carbonyl (C=O) groups is 1. The Balaban J connectivity index is 1.71. The number of carbonyl (C=O) groups excluding carboxylic acids is 1. The van der Waals surface area contributed by atoms with Gasteiger partial charge < -0.3 is 10.6 Å². The molecule has 124 valence electrons. The number of halogens is 1. The number of benzene rings is 2. The van der Waals surface area contributed by atoms with Gasteiger partial charge >= 0.3 is 0 Å². The predicted molar refractivity (Wildman–Crippen MR) is 94.6 cm³/mol. The van der Waals surface area contributed by atoms with Crippen LogP contribution in [0.25, 0.3) is 5.69 Å². The molecule has 1 amide bonds. The molecule has 0 aliphatic rings. The molecule has 25 heavy (non-hydrogen) atoms. The topological polar surface area (TPSA) is 95.6 Å². The van der Waals surface area contributed by atoms with E-state index in [4.69, 9.17) is 16.9 Å². The zero-order valence-electron chi connectivity index (χ0n) is 13.0. The van der Waals surface area contributed by atoms with Gasteiger partial charge in [-0.05, 0) is 36.4 Å². The van der Waals surface area contributed by atoms with E-state index in [1.165, 1.54) is 17.3 Å². The number of rotatable bonds is 5. The van der Waals surface area contributed by atoms with Gasteiger partial charge in [0, 0.05) is 10.7 Å². The van der Waals surface area contributed by atoms with E-state index in [2.05, 4.69) is 26.8 Å². The highest BCUT2D eigenvalue weighted by molar-refractivity contribution is 6.31. The van der Waals surface area contributed by atoms with Gasteiger partial charge in [0.2, 0.25) is 5.91 Å². The fraction of sp³-hybridized carbons (Fsp3) is 0.0588. The summed E-state index contributed by atoms with van der Waals surface area (Å²) in [6.07, 6.45) is 2.94. The number of nitriles is 1. The summed E-state index contributed by atoms with van der Waals surface area (Å²) in [5.41, 5.74) is 2.39. The molecule has 0 saturated carbocycles. The zero-order chi connectivity index (χ0) is 17.6. The Morgan fingerprint density at radius 3 is 2.92 bits per heavy atom. The number of anilines is 2. The molecule has 8 heteroatoms. The lowest BCUT2D eigenvalue weighted by atomic mass is 10.2. The first-order valence-electron chi connectivity index (χ1n) is 7.34. The average Bonchev–Trinajstić information content (AvgIpc) is 3.15. The molecular weight excluding hydrogens is 340 g/mol. The molecule has 0 aliphatic heterocycles. The Morgan fingerprint density at radius 2 is 2.16 bits per heavy atom. The van der Waals surface area contributed by atoms with Gasteiger partial charge in [0.25, 0.3) is 0 Å². The van der Waals surface area contributed by atoms with Crippen molar-refractivity contribution in [2.45, 2.75) is 0 Å². The Morgan fingerprint density at radius 1 is 1.28 bits per heavy atom. The fourth-order valence-electron chi connectivity index (χ4n) is 2.22. The van der Waals surface area contributed by atoms with Gasteiger partial charge in [0.1, 0.15) is 12.7 Å². The summed E-state index contributed by atoms with van der Waals surface area (Å²) in [6.45, 7) is 0.0399. The lowest BCUT2D eigenvalue weighted by molar-refractivity contribution is -0.114. The van der Waals surface area contributed by atoms with E-state index in [1.807, 2.05) is 0 Å². The third-order valence-electron chi connectivity index (χ3n) is 3.34. The standard InChI is InChI=1S/C17H13ClN6O/c18-13-4-5-16(24-11-20-10-22-24)15(7-13)23-17(25)9-21-14-3-1-2-12(6-14)8-19/h1-7,10-11,21H,9H2,(H,23,25). The summed E-state index contributed by atoms with van der Waals surface area (Å²) in [7, 11) is 0. The van der Waals surface area contributed by atoms with Gasteiger partial charge in [-0.3, -0.25) is 4.79 Å². The lowest BCUT2D eigenvalue weighted by Crippen LogP contribution is -2.22. The van der Waals surface area contributed by atoms with Gasteiger partial charge in [0.15, 0.2) is 0 Å². The molecule has 7 nitrogen and oxygen atoms in total. The lowest BCUT2D eigenvalue weighted by Gasteiger charge is -2.12. The highest BCUT2D eigenvalue weighted by Crippen LogP contribution is 2.23. The second-order valence-electron chi connectivity index (χ2n) is 5.10. The molecule has 3 rings (SSSR count). The van der Waals surface area contributed by atoms with Gasteiger partial charge in [-0.2, -0.15) is 10.4 Å². The normalized spacial score (nSPS) is 10.1. The van der Waals surface area contributed by atoms with Crippen molar-refractivity contribution in [3.05, 3.63) is 65.7 Å². The van der Waals surface area contributed by atoms with Crippen LogP contribution in [0.5, 0.6) is 0 Å². The van der Waals surface area contributed by atoms with Crippen LogP contribution in [-0.4, -0.2) is 27.2 Å². The summed E-state index contributed by atoms with van der Waals surface area (Å²) in [4.78, 5) is 16.1. The van der Waals surface area contributed by atoms with Crippen LogP contribution >= 0.6 is 11.6 Å².